The summed E-state index contributed by atoms with van der Waals surface area (Å²) in [6.45, 7) is 7.77. The van der Waals surface area contributed by atoms with Gasteiger partial charge in [0.25, 0.3) is 0 Å². The van der Waals surface area contributed by atoms with Crippen LogP contribution in [0, 0.1) is 0 Å². The molecule has 4 rings (SSSR count). The number of piperazine rings is 1. The molecule has 3 aliphatic rings. The Morgan fingerprint density at radius 2 is 1.79 bits per heavy atom. The van der Waals surface area contributed by atoms with E-state index >= 15 is 0 Å². The van der Waals surface area contributed by atoms with Gasteiger partial charge in [-0.15, -0.1) is 0 Å². The summed E-state index contributed by atoms with van der Waals surface area (Å²) in [5, 5.41) is 7.22. The zero-order valence-corrected chi connectivity index (χ0v) is 14.6. The highest BCUT2D eigenvalue weighted by Gasteiger charge is 2.33. The molecule has 7 heteroatoms. The van der Waals surface area contributed by atoms with E-state index in [0.717, 1.165) is 50.7 Å². The molecule has 3 fully saturated rings. The van der Waals surface area contributed by atoms with Crippen molar-refractivity contribution < 1.29 is 9.32 Å². The molecule has 0 bridgehead atoms. The summed E-state index contributed by atoms with van der Waals surface area (Å²) in [6, 6.07) is 0.523. The molecule has 0 radical (unpaired) electrons. The van der Waals surface area contributed by atoms with Gasteiger partial charge in [-0.3, -0.25) is 14.6 Å². The highest BCUT2D eigenvalue weighted by atomic mass is 16.5. The lowest BCUT2D eigenvalue weighted by molar-refractivity contribution is -0.126. The van der Waals surface area contributed by atoms with Gasteiger partial charge in [0.15, 0.2) is 5.82 Å². The van der Waals surface area contributed by atoms with E-state index in [1.807, 2.05) is 6.92 Å². The van der Waals surface area contributed by atoms with Crippen LogP contribution in [0.5, 0.6) is 0 Å². The van der Waals surface area contributed by atoms with Crippen LogP contribution < -0.4 is 5.32 Å². The lowest BCUT2D eigenvalue weighted by atomic mass is 10.2. The van der Waals surface area contributed by atoms with Gasteiger partial charge >= 0.3 is 0 Å². The van der Waals surface area contributed by atoms with E-state index in [4.69, 9.17) is 4.52 Å². The average molecular weight is 333 g/mol. The van der Waals surface area contributed by atoms with Crippen LogP contribution in [0.1, 0.15) is 63.2 Å². The van der Waals surface area contributed by atoms with Crippen molar-refractivity contribution in [2.24, 2.45) is 0 Å². The zero-order chi connectivity index (χ0) is 16.7. The van der Waals surface area contributed by atoms with Crippen LogP contribution in [0.2, 0.25) is 0 Å². The van der Waals surface area contributed by atoms with Crippen LogP contribution in [-0.2, 0) is 4.79 Å². The minimum atomic E-state index is -0.0482. The second-order valence-electron chi connectivity index (χ2n) is 7.47. The van der Waals surface area contributed by atoms with Crippen molar-refractivity contribution in [1.82, 2.24) is 25.3 Å². The van der Waals surface area contributed by atoms with Crippen molar-refractivity contribution in [3.8, 4) is 0 Å². The Bertz CT molecular complexity index is 588. The number of hydrogen-bond acceptors (Lipinski definition) is 6. The van der Waals surface area contributed by atoms with Gasteiger partial charge in [0.1, 0.15) is 0 Å². The maximum absolute atomic E-state index is 12.2. The number of carbonyl (C=O) groups is 1. The number of hydrogen-bond donors (Lipinski definition) is 1. The van der Waals surface area contributed by atoms with Crippen LogP contribution in [0.4, 0.5) is 0 Å². The van der Waals surface area contributed by atoms with Gasteiger partial charge in [0.05, 0.1) is 12.1 Å². The topological polar surface area (TPSA) is 74.5 Å². The van der Waals surface area contributed by atoms with E-state index < -0.39 is 0 Å². The first-order valence-corrected chi connectivity index (χ1v) is 9.24. The monoisotopic (exact) mass is 333 g/mol. The minimum Gasteiger partial charge on any atom is -0.352 e. The molecule has 2 saturated carbocycles. The van der Waals surface area contributed by atoms with Crippen molar-refractivity contribution in [3.63, 3.8) is 0 Å². The van der Waals surface area contributed by atoms with E-state index in [-0.39, 0.29) is 18.0 Å². The summed E-state index contributed by atoms with van der Waals surface area (Å²) >= 11 is 0. The number of nitrogens with one attached hydrogen (secondary N) is 1. The molecule has 1 amide bonds. The summed E-state index contributed by atoms with van der Waals surface area (Å²) in [7, 11) is 0. The molecule has 7 nitrogen and oxygen atoms in total. The molecular formula is C17H27N5O2. The molecule has 2 heterocycles. The van der Waals surface area contributed by atoms with Crippen molar-refractivity contribution in [1.29, 1.82) is 0 Å². The Morgan fingerprint density at radius 1 is 1.12 bits per heavy atom. The van der Waals surface area contributed by atoms with Gasteiger partial charge in [0, 0.05) is 38.1 Å². The molecule has 1 saturated heterocycles. The fraction of sp³-hybridized carbons (Fsp3) is 0.824. The molecule has 132 valence electrons. The van der Waals surface area contributed by atoms with E-state index in [1.165, 1.54) is 12.8 Å². The maximum atomic E-state index is 12.2. The smallest absolute Gasteiger partial charge is 0.243 e. The van der Waals surface area contributed by atoms with Crippen LogP contribution >= 0.6 is 0 Å². The van der Waals surface area contributed by atoms with Gasteiger partial charge in [0.2, 0.25) is 11.8 Å². The largest absolute Gasteiger partial charge is 0.352 e. The molecule has 0 aromatic carbocycles. The highest BCUT2D eigenvalue weighted by molar-refractivity contribution is 5.81. The van der Waals surface area contributed by atoms with Crippen LogP contribution in [0.3, 0.4) is 0 Å². The van der Waals surface area contributed by atoms with Crippen molar-refractivity contribution in [2.75, 3.05) is 26.2 Å². The maximum Gasteiger partial charge on any atom is 0.243 e. The zero-order valence-electron chi connectivity index (χ0n) is 14.6. The molecule has 2 atom stereocenters. The highest BCUT2D eigenvalue weighted by Crippen LogP contribution is 2.38. The minimum absolute atomic E-state index is 0.0482. The quantitative estimate of drug-likeness (QED) is 0.846. The van der Waals surface area contributed by atoms with E-state index in [9.17, 15) is 4.79 Å². The normalized spacial score (nSPS) is 25.4. The van der Waals surface area contributed by atoms with Crippen molar-refractivity contribution in [2.45, 2.75) is 63.6 Å². The Morgan fingerprint density at radius 3 is 2.42 bits per heavy atom. The van der Waals surface area contributed by atoms with E-state index in [1.54, 1.807) is 0 Å². The summed E-state index contributed by atoms with van der Waals surface area (Å²) in [5.74, 6) is 2.30. The molecule has 1 aromatic heterocycles. The molecule has 0 unspecified atom stereocenters. The van der Waals surface area contributed by atoms with Crippen LogP contribution in [-0.4, -0.2) is 64.1 Å². The third-order valence-electron chi connectivity index (χ3n) is 5.50. The van der Waals surface area contributed by atoms with Gasteiger partial charge in [-0.2, -0.15) is 4.98 Å². The second-order valence-corrected chi connectivity index (χ2v) is 7.47. The number of aromatic nitrogens is 2. The lowest BCUT2D eigenvalue weighted by Gasteiger charge is -2.39. The Kier molecular flexibility index (Phi) is 4.30. The SMILES string of the molecule is C[C@H](C(=O)NC1CC1)N1CCN([C@H](C)c2nc(C3CC3)no2)CC1. The predicted molar refractivity (Wildman–Crippen MR) is 88.5 cm³/mol. The van der Waals surface area contributed by atoms with Crippen LogP contribution in [0.15, 0.2) is 4.52 Å². The molecule has 0 spiro atoms. The molecule has 1 aromatic rings. The Balaban J connectivity index is 1.28. The first-order valence-electron chi connectivity index (χ1n) is 9.24. The number of nitrogens with zero attached hydrogens (tertiary/aromatic N) is 4. The average Bonchev–Trinajstić information content (AvgIpc) is 3.54. The first kappa shape index (κ1) is 16.0. The number of carbonyl (C=O) groups excluding carboxylic acids is 1. The van der Waals surface area contributed by atoms with E-state index in [2.05, 4.69) is 32.2 Å². The van der Waals surface area contributed by atoms with Crippen molar-refractivity contribution >= 4 is 5.91 Å². The molecule has 24 heavy (non-hydrogen) atoms. The van der Waals surface area contributed by atoms with Crippen molar-refractivity contribution in [3.05, 3.63) is 11.7 Å². The third-order valence-corrected chi connectivity index (χ3v) is 5.50. The fourth-order valence-corrected chi connectivity index (χ4v) is 3.31. The van der Waals surface area contributed by atoms with E-state index in [0.29, 0.717) is 12.0 Å². The lowest BCUT2D eigenvalue weighted by Crippen LogP contribution is -2.54. The third kappa shape index (κ3) is 3.47. The predicted octanol–water partition coefficient (Wildman–Crippen LogP) is 1.29. The molecular weight excluding hydrogens is 306 g/mol. The summed E-state index contributed by atoms with van der Waals surface area (Å²) in [6.07, 6.45) is 4.65. The number of rotatable bonds is 6. The molecule has 2 aliphatic carbocycles. The van der Waals surface area contributed by atoms with Crippen LogP contribution in [0.25, 0.3) is 0 Å². The Labute approximate surface area is 142 Å². The first-order chi connectivity index (χ1) is 11.6. The molecule has 1 N–H and O–H groups in total. The molecule has 1 aliphatic heterocycles. The number of amides is 1. The fourth-order valence-electron chi connectivity index (χ4n) is 3.31. The van der Waals surface area contributed by atoms with Gasteiger partial charge in [-0.1, -0.05) is 5.16 Å². The summed E-state index contributed by atoms with van der Waals surface area (Å²) in [5.41, 5.74) is 0. The second kappa shape index (κ2) is 6.44. The van der Waals surface area contributed by atoms with Gasteiger partial charge in [-0.05, 0) is 39.5 Å². The van der Waals surface area contributed by atoms with Gasteiger partial charge < -0.3 is 9.84 Å². The summed E-state index contributed by atoms with van der Waals surface area (Å²) < 4.78 is 5.46. The van der Waals surface area contributed by atoms with Gasteiger partial charge in [-0.25, -0.2) is 0 Å². The Hall–Kier alpha value is -1.47. The standard InChI is InChI=1S/C17H27N5O2/c1-11(16(23)18-14-5-6-14)21-7-9-22(10-8-21)12(2)17-19-15(20-24-17)13-3-4-13/h11-14H,3-10H2,1-2H3,(H,18,23)/t11-,12-/m1/s1. The summed E-state index contributed by atoms with van der Waals surface area (Å²) in [4.78, 5) is 21.4.